The minimum absolute atomic E-state index is 0.0506. The molecule has 0 aromatic heterocycles. The molecule has 1 saturated heterocycles. The molecule has 8 heteroatoms. The number of anilines is 2. The van der Waals surface area contributed by atoms with Gasteiger partial charge < -0.3 is 5.32 Å². The van der Waals surface area contributed by atoms with Gasteiger partial charge in [-0.05, 0) is 43.2 Å². The zero-order valence-corrected chi connectivity index (χ0v) is 14.8. The molecule has 1 heterocycles. The van der Waals surface area contributed by atoms with Gasteiger partial charge in [-0.25, -0.2) is 12.8 Å². The Balaban J connectivity index is 1.91. The number of para-hydroxylation sites is 1. The fourth-order valence-corrected chi connectivity index (χ4v) is 4.58. The van der Waals surface area contributed by atoms with Gasteiger partial charge in [0, 0.05) is 12.1 Å². The number of carbonyl (C=O) groups excluding carboxylic acids is 1. The minimum atomic E-state index is -3.45. The summed E-state index contributed by atoms with van der Waals surface area (Å²) in [6.45, 7) is 0.320. The summed E-state index contributed by atoms with van der Waals surface area (Å²) in [4.78, 5) is 12.4. The summed E-state index contributed by atoms with van der Waals surface area (Å²) in [6.07, 6.45) is 1.32. The van der Waals surface area contributed by atoms with Crippen LogP contribution in [0.5, 0.6) is 0 Å². The zero-order valence-electron chi connectivity index (χ0n) is 13.2. The van der Waals surface area contributed by atoms with Gasteiger partial charge in [0.1, 0.15) is 5.82 Å². The average Bonchev–Trinajstić information content (AvgIpc) is 2.57. The number of benzene rings is 2. The van der Waals surface area contributed by atoms with Gasteiger partial charge in [0.05, 0.1) is 22.2 Å². The summed E-state index contributed by atoms with van der Waals surface area (Å²) in [5.74, 6) is -1.05. The number of nitrogens with one attached hydrogen (secondary N) is 1. The van der Waals surface area contributed by atoms with Crippen LogP contribution in [0, 0.1) is 5.82 Å². The zero-order chi connectivity index (χ0) is 18.0. The molecule has 0 spiro atoms. The van der Waals surface area contributed by atoms with Crippen molar-refractivity contribution in [2.45, 2.75) is 12.8 Å². The maximum atomic E-state index is 13.7. The van der Waals surface area contributed by atoms with Crippen LogP contribution in [0.3, 0.4) is 0 Å². The van der Waals surface area contributed by atoms with Gasteiger partial charge in [0.15, 0.2) is 0 Å². The van der Waals surface area contributed by atoms with Gasteiger partial charge in [0.25, 0.3) is 5.91 Å². The van der Waals surface area contributed by atoms with E-state index in [0.717, 1.165) is 6.42 Å². The van der Waals surface area contributed by atoms with Crippen molar-refractivity contribution in [3.8, 4) is 0 Å². The third kappa shape index (κ3) is 3.77. The Bertz CT molecular complexity index is 918. The first-order valence-electron chi connectivity index (χ1n) is 7.74. The van der Waals surface area contributed by atoms with Crippen molar-refractivity contribution >= 4 is 38.9 Å². The Labute approximate surface area is 150 Å². The molecule has 3 rings (SSSR count). The van der Waals surface area contributed by atoms with Crippen molar-refractivity contribution in [2.75, 3.05) is 21.9 Å². The highest BCUT2D eigenvalue weighted by molar-refractivity contribution is 7.92. The topological polar surface area (TPSA) is 66.5 Å². The lowest BCUT2D eigenvalue weighted by atomic mass is 10.1. The lowest BCUT2D eigenvalue weighted by molar-refractivity contribution is 0.102. The molecular formula is C17H16ClFN2O3S. The molecule has 1 N–H and O–H groups in total. The van der Waals surface area contributed by atoms with E-state index in [9.17, 15) is 17.6 Å². The fraction of sp³-hybridized carbons (Fsp3) is 0.235. The van der Waals surface area contributed by atoms with Gasteiger partial charge in [-0.1, -0.05) is 23.7 Å². The summed E-state index contributed by atoms with van der Waals surface area (Å²) in [6, 6.07) is 10.2. The second kappa shape index (κ2) is 7.01. The molecule has 25 heavy (non-hydrogen) atoms. The Morgan fingerprint density at radius 2 is 1.92 bits per heavy atom. The van der Waals surface area contributed by atoms with Crippen molar-refractivity contribution < 1.29 is 17.6 Å². The van der Waals surface area contributed by atoms with E-state index in [2.05, 4.69) is 5.32 Å². The lowest BCUT2D eigenvalue weighted by Crippen LogP contribution is -2.38. The first kappa shape index (κ1) is 17.7. The van der Waals surface area contributed by atoms with Crippen LogP contribution < -0.4 is 9.62 Å². The third-order valence-corrected chi connectivity index (χ3v) is 6.12. The van der Waals surface area contributed by atoms with Gasteiger partial charge in [0.2, 0.25) is 10.0 Å². The standard InChI is InChI=1S/C17H16ClFN2O3S/c18-13-8-7-12(17(22)20-15-6-2-1-5-14(15)19)11-16(13)21-9-3-4-10-25(21,23)24/h1-2,5-8,11H,3-4,9-10H2,(H,20,22). The van der Waals surface area contributed by atoms with Crippen molar-refractivity contribution in [2.24, 2.45) is 0 Å². The Hall–Kier alpha value is -2.12. The second-order valence-corrected chi connectivity index (χ2v) is 8.12. The number of nitrogens with zero attached hydrogens (tertiary/aromatic N) is 1. The molecule has 0 unspecified atom stereocenters. The second-order valence-electron chi connectivity index (χ2n) is 5.70. The molecule has 0 saturated carbocycles. The van der Waals surface area contributed by atoms with E-state index in [-0.39, 0.29) is 27.7 Å². The number of hydrogen-bond acceptors (Lipinski definition) is 3. The van der Waals surface area contributed by atoms with Crippen LogP contribution in [0.2, 0.25) is 5.02 Å². The van der Waals surface area contributed by atoms with Crippen LogP contribution in [-0.2, 0) is 10.0 Å². The molecule has 1 aliphatic rings. The van der Waals surface area contributed by atoms with E-state index < -0.39 is 21.7 Å². The van der Waals surface area contributed by atoms with E-state index in [4.69, 9.17) is 11.6 Å². The van der Waals surface area contributed by atoms with Crippen LogP contribution >= 0.6 is 11.6 Å². The van der Waals surface area contributed by atoms with Gasteiger partial charge >= 0.3 is 0 Å². The van der Waals surface area contributed by atoms with Crippen LogP contribution in [0.4, 0.5) is 15.8 Å². The molecule has 5 nitrogen and oxygen atoms in total. The molecule has 0 bridgehead atoms. The molecule has 132 valence electrons. The molecule has 1 aliphatic heterocycles. The number of carbonyl (C=O) groups is 1. The summed E-state index contributed by atoms with van der Waals surface area (Å²) in [5.41, 5.74) is 0.514. The minimum Gasteiger partial charge on any atom is -0.319 e. The summed E-state index contributed by atoms with van der Waals surface area (Å²) < 4.78 is 39.4. The van der Waals surface area contributed by atoms with Gasteiger partial charge in [-0.15, -0.1) is 0 Å². The lowest BCUT2D eigenvalue weighted by Gasteiger charge is -2.29. The average molecular weight is 383 g/mol. The predicted octanol–water partition coefficient (Wildman–Crippen LogP) is 3.66. The van der Waals surface area contributed by atoms with Crippen molar-refractivity contribution in [3.05, 3.63) is 58.9 Å². The van der Waals surface area contributed by atoms with E-state index in [1.807, 2.05) is 0 Å². The number of hydrogen-bond donors (Lipinski definition) is 1. The SMILES string of the molecule is O=C(Nc1ccccc1F)c1ccc(Cl)c(N2CCCCS2(=O)=O)c1. The summed E-state index contributed by atoms with van der Waals surface area (Å²) in [5, 5.41) is 2.72. The predicted molar refractivity (Wildman–Crippen MR) is 96.2 cm³/mol. The monoisotopic (exact) mass is 382 g/mol. The van der Waals surface area contributed by atoms with Crippen LogP contribution in [0.25, 0.3) is 0 Å². The highest BCUT2D eigenvalue weighted by Crippen LogP contribution is 2.32. The number of amides is 1. The molecule has 1 amide bonds. The number of rotatable bonds is 3. The van der Waals surface area contributed by atoms with Crippen LogP contribution in [-0.4, -0.2) is 26.6 Å². The Morgan fingerprint density at radius 3 is 2.64 bits per heavy atom. The molecule has 0 atom stereocenters. The summed E-state index contributed by atoms with van der Waals surface area (Å²) in [7, 11) is -3.45. The normalized spacial score (nSPS) is 16.5. The quantitative estimate of drug-likeness (QED) is 0.880. The molecule has 2 aromatic rings. The number of sulfonamides is 1. The van der Waals surface area contributed by atoms with Crippen molar-refractivity contribution in [1.82, 2.24) is 0 Å². The number of halogens is 2. The fourth-order valence-electron chi connectivity index (χ4n) is 2.66. The van der Waals surface area contributed by atoms with Gasteiger partial charge in [-0.3, -0.25) is 9.10 Å². The van der Waals surface area contributed by atoms with E-state index >= 15 is 0 Å². The first-order chi connectivity index (χ1) is 11.9. The molecule has 2 aromatic carbocycles. The van der Waals surface area contributed by atoms with E-state index in [1.165, 1.54) is 40.7 Å². The smallest absolute Gasteiger partial charge is 0.255 e. The Morgan fingerprint density at radius 1 is 1.16 bits per heavy atom. The molecular weight excluding hydrogens is 367 g/mol. The van der Waals surface area contributed by atoms with E-state index in [1.54, 1.807) is 6.07 Å². The molecule has 0 aliphatic carbocycles. The van der Waals surface area contributed by atoms with Crippen LogP contribution in [0.1, 0.15) is 23.2 Å². The van der Waals surface area contributed by atoms with Gasteiger partial charge in [-0.2, -0.15) is 0 Å². The summed E-state index contributed by atoms with van der Waals surface area (Å²) >= 11 is 6.15. The molecule has 1 fully saturated rings. The maximum Gasteiger partial charge on any atom is 0.255 e. The maximum absolute atomic E-state index is 13.7. The highest BCUT2D eigenvalue weighted by atomic mass is 35.5. The van der Waals surface area contributed by atoms with E-state index in [0.29, 0.717) is 13.0 Å². The van der Waals surface area contributed by atoms with Crippen molar-refractivity contribution in [3.63, 3.8) is 0 Å². The highest BCUT2D eigenvalue weighted by Gasteiger charge is 2.28. The largest absolute Gasteiger partial charge is 0.319 e. The van der Waals surface area contributed by atoms with Crippen LogP contribution in [0.15, 0.2) is 42.5 Å². The first-order valence-corrected chi connectivity index (χ1v) is 9.73. The molecule has 0 radical (unpaired) electrons. The van der Waals surface area contributed by atoms with Crippen molar-refractivity contribution in [1.29, 1.82) is 0 Å². The third-order valence-electron chi connectivity index (χ3n) is 3.95. The Kier molecular flexibility index (Phi) is 4.96.